The Morgan fingerprint density at radius 2 is 1.50 bits per heavy atom. The van der Waals surface area contributed by atoms with Crippen molar-refractivity contribution < 1.29 is 14.7 Å². The maximum Gasteiger partial charge on any atom is 0.321 e. The van der Waals surface area contributed by atoms with Crippen LogP contribution < -0.4 is 0 Å². The molecule has 0 unspecified atom stereocenters. The maximum atomic E-state index is 12.9. The van der Waals surface area contributed by atoms with Gasteiger partial charge in [-0.15, -0.1) is 0 Å². The van der Waals surface area contributed by atoms with Gasteiger partial charge in [0.25, 0.3) is 0 Å². The van der Waals surface area contributed by atoms with E-state index in [0.717, 1.165) is 77.7 Å². The highest BCUT2D eigenvalue weighted by molar-refractivity contribution is 5.81. The molecule has 0 radical (unpaired) electrons. The second-order valence-corrected chi connectivity index (χ2v) is 11.9. The zero-order chi connectivity index (χ0) is 26.3. The van der Waals surface area contributed by atoms with Gasteiger partial charge in [-0.2, -0.15) is 0 Å². The first-order valence-electron chi connectivity index (χ1n) is 14.9. The van der Waals surface area contributed by atoms with Crippen LogP contribution in [0.25, 0.3) is 0 Å². The molecule has 5 nitrogen and oxygen atoms in total. The summed E-state index contributed by atoms with van der Waals surface area (Å²) in [6.07, 6.45) is 9.00. The molecule has 2 aliphatic heterocycles. The molecule has 0 aromatic heterocycles. The molecule has 0 bridgehead atoms. The van der Waals surface area contributed by atoms with Crippen molar-refractivity contribution in [2.45, 2.75) is 69.7 Å². The minimum absolute atomic E-state index is 0.183. The first-order chi connectivity index (χ1) is 18.6. The Morgan fingerprint density at radius 1 is 0.842 bits per heavy atom. The van der Waals surface area contributed by atoms with Crippen LogP contribution in [0.2, 0.25) is 0 Å². The predicted octanol–water partition coefficient (Wildman–Crippen LogP) is 5.65. The summed E-state index contributed by atoms with van der Waals surface area (Å²) in [7, 11) is 0. The van der Waals surface area contributed by atoms with Gasteiger partial charge in [-0.1, -0.05) is 79.9 Å². The van der Waals surface area contributed by atoms with Crippen LogP contribution in [0.1, 0.15) is 68.4 Å². The average molecular weight is 517 g/mol. The van der Waals surface area contributed by atoms with Crippen LogP contribution in [0.5, 0.6) is 0 Å². The van der Waals surface area contributed by atoms with Gasteiger partial charge >= 0.3 is 5.97 Å². The van der Waals surface area contributed by atoms with Crippen LogP contribution >= 0.6 is 0 Å². The van der Waals surface area contributed by atoms with Gasteiger partial charge in [-0.25, -0.2) is 0 Å². The Labute approximate surface area is 228 Å². The van der Waals surface area contributed by atoms with Crippen molar-refractivity contribution in [2.75, 3.05) is 32.7 Å². The molecule has 2 aromatic carbocycles. The van der Waals surface area contributed by atoms with Gasteiger partial charge in [0.05, 0.1) is 0 Å². The third kappa shape index (κ3) is 6.73. The van der Waals surface area contributed by atoms with E-state index in [9.17, 15) is 14.7 Å². The monoisotopic (exact) mass is 516 g/mol. The number of piperidine rings is 1. The number of hydrogen-bond donors (Lipinski definition) is 1. The number of ketones is 1. The smallest absolute Gasteiger partial charge is 0.321 e. The summed E-state index contributed by atoms with van der Waals surface area (Å²) in [5.41, 5.74) is 2.57. The third-order valence-corrected chi connectivity index (χ3v) is 9.48. The first-order valence-corrected chi connectivity index (χ1v) is 14.9. The van der Waals surface area contributed by atoms with Crippen molar-refractivity contribution in [1.82, 2.24) is 9.80 Å². The minimum atomic E-state index is -0.640. The van der Waals surface area contributed by atoms with Crippen molar-refractivity contribution in [3.63, 3.8) is 0 Å². The predicted molar refractivity (Wildman–Crippen MR) is 151 cm³/mol. The average Bonchev–Trinajstić information content (AvgIpc) is 3.36. The molecule has 0 spiro atoms. The van der Waals surface area contributed by atoms with Crippen molar-refractivity contribution in [3.05, 3.63) is 71.8 Å². The SMILES string of the molecule is O=C(CCc1ccccc1)C1CCN(C[C@H]2CN([C@@H](C(=O)O)C3CCCCC3)C[C@@H]2c2ccccc2)CC1. The van der Waals surface area contributed by atoms with Crippen LogP contribution in [-0.4, -0.2) is 65.4 Å². The number of rotatable bonds is 10. The molecule has 1 saturated carbocycles. The lowest BCUT2D eigenvalue weighted by Gasteiger charge is -2.35. The normalized spacial score (nSPS) is 24.8. The Morgan fingerprint density at radius 3 is 2.16 bits per heavy atom. The van der Waals surface area contributed by atoms with Crippen molar-refractivity contribution >= 4 is 11.8 Å². The van der Waals surface area contributed by atoms with Gasteiger partial charge in [0.2, 0.25) is 0 Å². The summed E-state index contributed by atoms with van der Waals surface area (Å²) in [4.78, 5) is 30.2. The lowest BCUT2D eigenvalue weighted by atomic mass is 9.83. The standard InChI is InChI=1S/C33H44N2O3/c36-31(17-16-25-10-4-1-5-11-25)27-18-20-34(21-19-27)22-29-23-35(24-30(29)26-12-6-2-7-13-26)32(33(37)38)28-14-8-3-9-15-28/h1-2,4-7,10-13,27-30,32H,3,8-9,14-24H2,(H,37,38)/t29-,30+,32+/m0/s1. The molecule has 3 fully saturated rings. The number of Topliss-reactive ketones (excluding diaryl/α,β-unsaturated/α-hetero) is 1. The Kier molecular flexibility index (Phi) is 9.29. The molecule has 1 N–H and O–H groups in total. The number of likely N-dealkylation sites (tertiary alicyclic amines) is 2. The van der Waals surface area contributed by atoms with Crippen molar-refractivity contribution in [1.29, 1.82) is 0 Å². The van der Waals surface area contributed by atoms with E-state index in [-0.39, 0.29) is 17.9 Å². The Hall–Kier alpha value is -2.50. The number of carboxylic acids is 1. The van der Waals surface area contributed by atoms with E-state index in [1.807, 2.05) is 18.2 Å². The van der Waals surface area contributed by atoms with Crippen LogP contribution in [0, 0.1) is 17.8 Å². The number of aryl methyl sites for hydroxylation is 1. The number of carboxylic acid groups (broad SMARTS) is 1. The lowest BCUT2D eigenvalue weighted by Crippen LogP contribution is -2.46. The number of aliphatic carboxylic acids is 1. The number of nitrogens with zero attached hydrogens (tertiary/aromatic N) is 2. The molecule has 3 atom stereocenters. The fraction of sp³-hybridized carbons (Fsp3) is 0.576. The first kappa shape index (κ1) is 27.1. The van der Waals surface area contributed by atoms with Crippen LogP contribution in [0.3, 0.4) is 0 Å². The molecule has 204 valence electrons. The van der Waals surface area contributed by atoms with Gasteiger partial charge < -0.3 is 10.0 Å². The van der Waals surface area contributed by atoms with E-state index in [1.54, 1.807) is 0 Å². The number of carbonyl (C=O) groups is 2. The fourth-order valence-electron chi connectivity index (χ4n) is 7.39. The summed E-state index contributed by atoms with van der Waals surface area (Å²) < 4.78 is 0. The summed E-state index contributed by atoms with van der Waals surface area (Å²) in [5.74, 6) is 0.996. The van der Waals surface area contributed by atoms with Crippen LogP contribution in [0.15, 0.2) is 60.7 Å². The molecule has 1 aliphatic carbocycles. The van der Waals surface area contributed by atoms with E-state index in [2.05, 4.69) is 52.3 Å². The third-order valence-electron chi connectivity index (χ3n) is 9.48. The van der Waals surface area contributed by atoms with Gasteiger partial charge in [0, 0.05) is 37.9 Å². The summed E-state index contributed by atoms with van der Waals surface area (Å²) >= 11 is 0. The second-order valence-electron chi connectivity index (χ2n) is 11.9. The molecule has 38 heavy (non-hydrogen) atoms. The van der Waals surface area contributed by atoms with E-state index in [0.29, 0.717) is 24.0 Å². The molecular formula is C33H44N2O3. The van der Waals surface area contributed by atoms with Gasteiger partial charge in [-0.3, -0.25) is 14.5 Å². The molecular weight excluding hydrogens is 472 g/mol. The zero-order valence-corrected chi connectivity index (χ0v) is 22.7. The maximum absolute atomic E-state index is 12.9. The highest BCUT2D eigenvalue weighted by Gasteiger charge is 2.43. The summed E-state index contributed by atoms with van der Waals surface area (Å²) in [6.45, 7) is 4.59. The Bertz CT molecular complexity index is 1030. The van der Waals surface area contributed by atoms with Gasteiger partial charge in [-0.05, 0) is 68.2 Å². The van der Waals surface area contributed by atoms with Crippen molar-refractivity contribution in [3.8, 4) is 0 Å². The van der Waals surface area contributed by atoms with E-state index < -0.39 is 5.97 Å². The molecule has 5 heteroatoms. The molecule has 0 amide bonds. The lowest BCUT2D eigenvalue weighted by molar-refractivity contribution is -0.145. The minimum Gasteiger partial charge on any atom is -0.480 e. The molecule has 2 saturated heterocycles. The van der Waals surface area contributed by atoms with Gasteiger partial charge in [0.1, 0.15) is 11.8 Å². The second kappa shape index (κ2) is 13.0. The van der Waals surface area contributed by atoms with E-state index in [4.69, 9.17) is 0 Å². The van der Waals surface area contributed by atoms with Crippen LogP contribution in [-0.2, 0) is 16.0 Å². The van der Waals surface area contributed by atoms with Gasteiger partial charge in [0.15, 0.2) is 0 Å². The molecule has 2 aromatic rings. The fourth-order valence-corrected chi connectivity index (χ4v) is 7.39. The van der Waals surface area contributed by atoms with Crippen LogP contribution in [0.4, 0.5) is 0 Å². The van der Waals surface area contributed by atoms with Crippen molar-refractivity contribution in [2.24, 2.45) is 17.8 Å². The molecule has 2 heterocycles. The van der Waals surface area contributed by atoms with E-state index >= 15 is 0 Å². The van der Waals surface area contributed by atoms with E-state index in [1.165, 1.54) is 17.5 Å². The Balaban J connectivity index is 1.19. The topological polar surface area (TPSA) is 60.9 Å². The summed E-state index contributed by atoms with van der Waals surface area (Å²) in [6, 6.07) is 20.7. The molecule has 5 rings (SSSR count). The highest BCUT2D eigenvalue weighted by atomic mass is 16.4. The number of carbonyl (C=O) groups excluding carboxylic acids is 1. The number of benzene rings is 2. The summed E-state index contributed by atoms with van der Waals surface area (Å²) in [5, 5.41) is 10.3. The zero-order valence-electron chi connectivity index (χ0n) is 22.7. The molecule has 3 aliphatic rings. The number of hydrogen-bond acceptors (Lipinski definition) is 4. The highest BCUT2D eigenvalue weighted by Crippen LogP contribution is 2.38. The largest absolute Gasteiger partial charge is 0.480 e. The quantitative estimate of drug-likeness (QED) is 0.442.